The van der Waals surface area contributed by atoms with Crippen molar-refractivity contribution in [3.05, 3.63) is 34.9 Å². The van der Waals surface area contributed by atoms with Crippen LogP contribution in [0.1, 0.15) is 16.7 Å². The second kappa shape index (κ2) is 6.37. The summed E-state index contributed by atoms with van der Waals surface area (Å²) in [6, 6.07) is 6.35. The largest absolute Gasteiger partial charge is 0.347 e. The zero-order chi connectivity index (χ0) is 14.7. The molecule has 0 radical (unpaired) electrons. The van der Waals surface area contributed by atoms with Gasteiger partial charge in [-0.25, -0.2) is 0 Å². The van der Waals surface area contributed by atoms with Crippen LogP contribution in [0.25, 0.3) is 0 Å². The van der Waals surface area contributed by atoms with Gasteiger partial charge in [0, 0.05) is 40.3 Å². The third kappa shape index (κ3) is 3.19. The molecule has 1 heterocycles. The molecular formula is C16H25N3O. The molecule has 0 bridgehead atoms. The number of carbonyl (C=O) groups is 1. The van der Waals surface area contributed by atoms with E-state index in [9.17, 15) is 4.79 Å². The van der Waals surface area contributed by atoms with E-state index in [-0.39, 0.29) is 11.9 Å². The van der Waals surface area contributed by atoms with Crippen LogP contribution in [0.3, 0.4) is 0 Å². The van der Waals surface area contributed by atoms with Gasteiger partial charge in [-0.2, -0.15) is 0 Å². The second-order valence-corrected chi connectivity index (χ2v) is 5.78. The number of piperazine rings is 1. The minimum atomic E-state index is -0.0568. The summed E-state index contributed by atoms with van der Waals surface area (Å²) < 4.78 is 0. The maximum Gasteiger partial charge on any atom is 0.240 e. The van der Waals surface area contributed by atoms with E-state index in [2.05, 4.69) is 42.3 Å². The first kappa shape index (κ1) is 15.0. The van der Waals surface area contributed by atoms with E-state index in [1.165, 1.54) is 16.7 Å². The fourth-order valence-corrected chi connectivity index (χ4v) is 2.68. The highest BCUT2D eigenvalue weighted by Crippen LogP contribution is 2.17. The average molecular weight is 275 g/mol. The number of benzene rings is 1. The molecule has 1 N–H and O–H groups in total. The number of rotatable bonds is 3. The molecule has 0 aliphatic carbocycles. The molecule has 1 amide bonds. The quantitative estimate of drug-likeness (QED) is 0.899. The Balaban J connectivity index is 2.16. The van der Waals surface area contributed by atoms with Gasteiger partial charge in [-0.3, -0.25) is 9.69 Å². The summed E-state index contributed by atoms with van der Waals surface area (Å²) >= 11 is 0. The van der Waals surface area contributed by atoms with Crippen LogP contribution in [0.4, 0.5) is 0 Å². The molecule has 2 rings (SSSR count). The first-order chi connectivity index (χ1) is 9.50. The Bertz CT molecular complexity index is 485. The molecule has 1 unspecified atom stereocenters. The van der Waals surface area contributed by atoms with Crippen molar-refractivity contribution in [3.63, 3.8) is 0 Å². The van der Waals surface area contributed by atoms with E-state index in [1.807, 2.05) is 14.1 Å². The van der Waals surface area contributed by atoms with Gasteiger partial charge in [0.25, 0.3) is 0 Å². The molecule has 0 spiro atoms. The van der Waals surface area contributed by atoms with Crippen LogP contribution in [0.15, 0.2) is 18.2 Å². The molecule has 1 aliphatic heterocycles. The van der Waals surface area contributed by atoms with Gasteiger partial charge in [0.05, 0.1) is 0 Å². The van der Waals surface area contributed by atoms with Crippen LogP contribution < -0.4 is 5.32 Å². The fourth-order valence-electron chi connectivity index (χ4n) is 2.68. The van der Waals surface area contributed by atoms with Crippen LogP contribution in [-0.2, 0) is 11.3 Å². The van der Waals surface area contributed by atoms with E-state index in [0.29, 0.717) is 0 Å². The summed E-state index contributed by atoms with van der Waals surface area (Å²) in [5.74, 6) is 0.183. The van der Waals surface area contributed by atoms with Crippen LogP contribution in [0, 0.1) is 13.8 Å². The topological polar surface area (TPSA) is 35.6 Å². The number of likely N-dealkylation sites (N-methyl/N-ethyl adjacent to an activating group) is 1. The van der Waals surface area contributed by atoms with Crippen molar-refractivity contribution >= 4 is 5.91 Å². The van der Waals surface area contributed by atoms with Gasteiger partial charge in [-0.05, 0) is 30.5 Å². The number of nitrogens with zero attached hydrogens (tertiary/aromatic N) is 2. The molecule has 1 fully saturated rings. The SMILES string of the molecule is Cc1cccc(CN2CCNCC2C(=O)N(C)C)c1C. The van der Waals surface area contributed by atoms with Gasteiger partial charge in [0.1, 0.15) is 6.04 Å². The zero-order valence-electron chi connectivity index (χ0n) is 12.9. The molecular weight excluding hydrogens is 250 g/mol. The van der Waals surface area contributed by atoms with Crippen molar-refractivity contribution in [2.75, 3.05) is 33.7 Å². The molecule has 1 aromatic rings. The molecule has 110 valence electrons. The van der Waals surface area contributed by atoms with Crippen LogP contribution in [0.2, 0.25) is 0 Å². The summed E-state index contributed by atoms with van der Waals surface area (Å²) in [7, 11) is 3.65. The molecule has 1 saturated heterocycles. The Morgan fingerprint density at radius 2 is 2.15 bits per heavy atom. The zero-order valence-corrected chi connectivity index (χ0v) is 12.9. The van der Waals surface area contributed by atoms with Crippen molar-refractivity contribution in [2.45, 2.75) is 26.4 Å². The number of hydrogen-bond donors (Lipinski definition) is 1. The van der Waals surface area contributed by atoms with Gasteiger partial charge in [0.2, 0.25) is 5.91 Å². The lowest BCUT2D eigenvalue weighted by molar-refractivity contribution is -0.135. The highest BCUT2D eigenvalue weighted by atomic mass is 16.2. The smallest absolute Gasteiger partial charge is 0.240 e. The van der Waals surface area contributed by atoms with Crippen LogP contribution >= 0.6 is 0 Å². The first-order valence-corrected chi connectivity index (χ1v) is 7.21. The average Bonchev–Trinajstić information content (AvgIpc) is 2.43. The van der Waals surface area contributed by atoms with Gasteiger partial charge in [-0.1, -0.05) is 18.2 Å². The molecule has 1 atom stereocenters. The number of nitrogens with one attached hydrogen (secondary N) is 1. The summed E-state index contributed by atoms with van der Waals surface area (Å²) in [6.07, 6.45) is 0. The lowest BCUT2D eigenvalue weighted by Gasteiger charge is -2.36. The fraction of sp³-hybridized carbons (Fsp3) is 0.562. The van der Waals surface area contributed by atoms with Crippen molar-refractivity contribution < 1.29 is 4.79 Å². The number of amides is 1. The van der Waals surface area contributed by atoms with Gasteiger partial charge < -0.3 is 10.2 Å². The number of aryl methyl sites for hydroxylation is 1. The summed E-state index contributed by atoms with van der Waals surface area (Å²) in [5, 5.41) is 3.32. The number of carbonyl (C=O) groups excluding carboxylic acids is 1. The Morgan fingerprint density at radius 1 is 1.40 bits per heavy atom. The molecule has 1 aliphatic rings. The third-order valence-corrected chi connectivity index (χ3v) is 4.17. The molecule has 0 aromatic heterocycles. The summed E-state index contributed by atoms with van der Waals surface area (Å²) in [6.45, 7) is 7.75. The van der Waals surface area contributed by atoms with E-state index in [1.54, 1.807) is 4.90 Å². The maximum atomic E-state index is 12.3. The minimum absolute atomic E-state index is 0.0568. The van der Waals surface area contributed by atoms with E-state index >= 15 is 0 Å². The molecule has 4 nitrogen and oxygen atoms in total. The van der Waals surface area contributed by atoms with Gasteiger partial charge in [0.15, 0.2) is 0 Å². The van der Waals surface area contributed by atoms with Gasteiger partial charge >= 0.3 is 0 Å². The predicted molar refractivity (Wildman–Crippen MR) is 81.7 cm³/mol. The highest BCUT2D eigenvalue weighted by Gasteiger charge is 2.29. The molecule has 4 heteroatoms. The van der Waals surface area contributed by atoms with E-state index in [0.717, 1.165) is 26.2 Å². The van der Waals surface area contributed by atoms with Crippen molar-refractivity contribution in [3.8, 4) is 0 Å². The van der Waals surface area contributed by atoms with Gasteiger partial charge in [-0.15, -0.1) is 0 Å². The Kier molecular flexibility index (Phi) is 4.78. The minimum Gasteiger partial charge on any atom is -0.347 e. The Labute approximate surface area is 121 Å². The lowest BCUT2D eigenvalue weighted by atomic mass is 10.0. The van der Waals surface area contributed by atoms with E-state index < -0.39 is 0 Å². The predicted octanol–water partition coefficient (Wildman–Crippen LogP) is 1.17. The number of hydrogen-bond acceptors (Lipinski definition) is 3. The Morgan fingerprint density at radius 3 is 2.85 bits per heavy atom. The molecule has 1 aromatic carbocycles. The summed E-state index contributed by atoms with van der Waals surface area (Å²) in [4.78, 5) is 16.3. The second-order valence-electron chi connectivity index (χ2n) is 5.78. The molecule has 20 heavy (non-hydrogen) atoms. The lowest BCUT2D eigenvalue weighted by Crippen LogP contribution is -2.57. The standard InChI is InChI=1S/C16H25N3O/c1-12-6-5-7-14(13(12)2)11-19-9-8-17-10-15(19)16(20)18(3)4/h5-7,15,17H,8-11H2,1-4H3. The highest BCUT2D eigenvalue weighted by molar-refractivity contribution is 5.81. The normalized spacial score (nSPS) is 19.9. The van der Waals surface area contributed by atoms with Crippen LogP contribution in [0.5, 0.6) is 0 Å². The van der Waals surface area contributed by atoms with Crippen molar-refractivity contribution in [1.29, 1.82) is 0 Å². The van der Waals surface area contributed by atoms with Crippen LogP contribution in [-0.4, -0.2) is 55.5 Å². The van der Waals surface area contributed by atoms with E-state index in [4.69, 9.17) is 0 Å². The first-order valence-electron chi connectivity index (χ1n) is 7.21. The maximum absolute atomic E-state index is 12.3. The third-order valence-electron chi connectivity index (χ3n) is 4.17. The van der Waals surface area contributed by atoms with Crippen molar-refractivity contribution in [1.82, 2.24) is 15.1 Å². The summed E-state index contributed by atoms with van der Waals surface area (Å²) in [5.41, 5.74) is 3.97. The molecule has 0 saturated carbocycles. The monoisotopic (exact) mass is 275 g/mol. The van der Waals surface area contributed by atoms with Crippen molar-refractivity contribution in [2.24, 2.45) is 0 Å². The Hall–Kier alpha value is -1.39.